The van der Waals surface area contributed by atoms with E-state index in [2.05, 4.69) is 45.4 Å². The van der Waals surface area contributed by atoms with Crippen molar-refractivity contribution in [1.29, 1.82) is 0 Å². The first-order valence-corrected chi connectivity index (χ1v) is 11.3. The second-order valence-corrected chi connectivity index (χ2v) is 8.31. The number of methoxy groups -OCH3 is 2. The molecule has 0 aliphatic heterocycles. The van der Waals surface area contributed by atoms with Crippen molar-refractivity contribution >= 4 is 22.8 Å². The first-order chi connectivity index (χ1) is 17.4. The minimum Gasteiger partial charge on any atom is -0.497 e. The summed E-state index contributed by atoms with van der Waals surface area (Å²) in [5.41, 5.74) is 4.91. The second kappa shape index (κ2) is 9.14. The van der Waals surface area contributed by atoms with Gasteiger partial charge in [-0.15, -0.1) is 0 Å². The minimum absolute atomic E-state index is 0.355. The van der Waals surface area contributed by atoms with Crippen LogP contribution in [0, 0.1) is 20.8 Å². The summed E-state index contributed by atoms with van der Waals surface area (Å²) in [7, 11) is 3.06. The molecule has 1 amide bonds. The predicted octanol–water partition coefficient (Wildman–Crippen LogP) is 4.20. The molecule has 5 rings (SSSR count). The van der Waals surface area contributed by atoms with Crippen LogP contribution in [0.25, 0.3) is 22.5 Å². The highest BCUT2D eigenvalue weighted by Crippen LogP contribution is 2.28. The van der Waals surface area contributed by atoms with Crippen molar-refractivity contribution in [1.82, 2.24) is 29.5 Å². The lowest BCUT2D eigenvalue weighted by Crippen LogP contribution is -2.16. The van der Waals surface area contributed by atoms with E-state index in [1.165, 1.54) is 13.4 Å². The predicted molar refractivity (Wildman–Crippen MR) is 135 cm³/mol. The third-order valence-electron chi connectivity index (χ3n) is 6.08. The molecule has 0 atom stereocenters. The van der Waals surface area contributed by atoms with Gasteiger partial charge in [-0.2, -0.15) is 14.9 Å². The Morgan fingerprint density at radius 3 is 2.58 bits per heavy atom. The lowest BCUT2D eigenvalue weighted by molar-refractivity contribution is 0.102. The molecule has 3 aromatic heterocycles. The van der Waals surface area contributed by atoms with Gasteiger partial charge in [-0.1, -0.05) is 12.1 Å². The van der Waals surface area contributed by atoms with Crippen molar-refractivity contribution in [2.45, 2.75) is 20.8 Å². The Kier molecular flexibility index (Phi) is 5.85. The number of fused-ring (bicyclic) bond motifs is 1. The molecule has 0 aliphatic rings. The van der Waals surface area contributed by atoms with Gasteiger partial charge >= 0.3 is 0 Å². The monoisotopic (exact) mass is 483 g/mol. The van der Waals surface area contributed by atoms with Crippen molar-refractivity contribution in [3.05, 3.63) is 77.4 Å². The molecule has 0 fully saturated rings. The van der Waals surface area contributed by atoms with Gasteiger partial charge in [0.15, 0.2) is 11.5 Å². The summed E-state index contributed by atoms with van der Waals surface area (Å²) in [6.45, 7) is 5.96. The number of aromatic nitrogens is 6. The average Bonchev–Trinajstić information content (AvgIpc) is 3.48. The zero-order valence-electron chi connectivity index (χ0n) is 20.6. The van der Waals surface area contributed by atoms with Crippen molar-refractivity contribution in [3.8, 4) is 23.0 Å². The number of nitrogens with zero attached hydrogens (tertiary/aromatic N) is 6. The Labute approximate surface area is 207 Å². The molecule has 0 saturated carbocycles. The summed E-state index contributed by atoms with van der Waals surface area (Å²) in [5.74, 6) is 1.59. The third kappa shape index (κ3) is 3.92. The number of hydrogen-bond acceptors (Lipinski definition) is 7. The Morgan fingerprint density at radius 2 is 1.81 bits per heavy atom. The Bertz CT molecular complexity index is 1600. The molecule has 2 aromatic carbocycles. The number of amides is 1. The van der Waals surface area contributed by atoms with E-state index < -0.39 is 0 Å². The molecule has 3 heterocycles. The van der Waals surface area contributed by atoms with Gasteiger partial charge < -0.3 is 14.8 Å². The van der Waals surface area contributed by atoms with Crippen LogP contribution in [-0.4, -0.2) is 49.7 Å². The number of nitrogens with one attached hydrogen (secondary N) is 1. The number of carbonyl (C=O) groups is 1. The summed E-state index contributed by atoms with van der Waals surface area (Å²) >= 11 is 0. The topological polar surface area (TPSA) is 109 Å². The SMILES string of the molecule is COc1ccc(C(=O)Nc2cc(C)nn2-c2ncnc3c2cnn3-c2cccc(C)c2C)c(OC)c1. The summed E-state index contributed by atoms with van der Waals surface area (Å²) in [6.07, 6.45) is 3.18. The smallest absolute Gasteiger partial charge is 0.260 e. The number of ether oxygens (including phenoxy) is 2. The average molecular weight is 484 g/mol. The lowest BCUT2D eigenvalue weighted by atomic mass is 10.1. The quantitative estimate of drug-likeness (QED) is 0.386. The number of anilines is 1. The molecular weight excluding hydrogens is 458 g/mol. The van der Waals surface area contributed by atoms with Gasteiger partial charge in [-0.05, 0) is 50.1 Å². The summed E-state index contributed by atoms with van der Waals surface area (Å²) < 4.78 is 14.0. The molecule has 0 aliphatic carbocycles. The van der Waals surface area contributed by atoms with Crippen LogP contribution in [0.2, 0.25) is 0 Å². The van der Waals surface area contributed by atoms with Gasteiger partial charge in [-0.3, -0.25) is 4.79 Å². The van der Waals surface area contributed by atoms with Crippen LogP contribution in [0.5, 0.6) is 11.5 Å². The number of carbonyl (C=O) groups excluding carboxylic acids is 1. The van der Waals surface area contributed by atoms with Crippen LogP contribution < -0.4 is 14.8 Å². The zero-order chi connectivity index (χ0) is 25.4. The first-order valence-electron chi connectivity index (χ1n) is 11.3. The largest absolute Gasteiger partial charge is 0.497 e. The summed E-state index contributed by atoms with van der Waals surface area (Å²) in [4.78, 5) is 22.2. The van der Waals surface area contributed by atoms with Crippen LogP contribution >= 0.6 is 0 Å². The van der Waals surface area contributed by atoms with Gasteiger partial charge in [0.05, 0.1) is 42.7 Å². The van der Waals surface area contributed by atoms with Gasteiger partial charge in [0.2, 0.25) is 0 Å². The molecule has 0 unspecified atom stereocenters. The van der Waals surface area contributed by atoms with Crippen molar-refractivity contribution in [3.63, 3.8) is 0 Å². The second-order valence-electron chi connectivity index (χ2n) is 8.31. The molecule has 0 radical (unpaired) electrons. The van der Waals surface area contributed by atoms with Crippen molar-refractivity contribution in [2.75, 3.05) is 19.5 Å². The normalized spacial score (nSPS) is 11.0. The standard InChI is InChI=1S/C26H25N7O3/c1-15-7-6-8-21(17(15)3)32-24-20(13-29-32)25(28-14-27-24)33-23(11-16(2)31-33)30-26(34)19-10-9-18(35-4)12-22(19)36-5/h6-14H,1-5H3,(H,30,34). The van der Waals surface area contributed by atoms with Crippen LogP contribution in [0.4, 0.5) is 5.82 Å². The summed E-state index contributed by atoms with van der Waals surface area (Å²) in [6, 6.07) is 12.8. The molecule has 1 N–H and O–H groups in total. The Hall–Kier alpha value is -4.73. The number of benzene rings is 2. The molecule has 10 heteroatoms. The number of aryl methyl sites for hydroxylation is 2. The van der Waals surface area contributed by atoms with E-state index in [4.69, 9.17) is 9.47 Å². The van der Waals surface area contributed by atoms with Crippen LogP contribution in [0.1, 0.15) is 27.2 Å². The van der Waals surface area contributed by atoms with Gasteiger partial charge in [0, 0.05) is 12.1 Å². The van der Waals surface area contributed by atoms with E-state index in [0.717, 1.165) is 16.8 Å². The van der Waals surface area contributed by atoms with Crippen LogP contribution in [0.3, 0.4) is 0 Å². The molecule has 0 spiro atoms. The zero-order valence-corrected chi connectivity index (χ0v) is 20.6. The maximum atomic E-state index is 13.2. The van der Waals surface area contributed by atoms with Gasteiger partial charge in [0.25, 0.3) is 5.91 Å². The van der Waals surface area contributed by atoms with E-state index in [-0.39, 0.29) is 5.91 Å². The Morgan fingerprint density at radius 1 is 0.972 bits per heavy atom. The van der Waals surface area contributed by atoms with Crippen molar-refractivity contribution < 1.29 is 14.3 Å². The molecule has 0 bridgehead atoms. The van der Waals surface area contributed by atoms with Gasteiger partial charge in [0.1, 0.15) is 23.6 Å². The number of hydrogen-bond donors (Lipinski definition) is 1. The van der Waals surface area contributed by atoms with Crippen molar-refractivity contribution in [2.24, 2.45) is 0 Å². The number of rotatable bonds is 6. The van der Waals surface area contributed by atoms with Crippen LogP contribution in [0.15, 0.2) is 55.0 Å². The maximum absolute atomic E-state index is 13.2. The highest BCUT2D eigenvalue weighted by molar-refractivity contribution is 6.06. The molecule has 10 nitrogen and oxygen atoms in total. The minimum atomic E-state index is -0.355. The summed E-state index contributed by atoms with van der Waals surface area (Å²) in [5, 5.41) is 12.8. The van der Waals surface area contributed by atoms with E-state index in [1.807, 2.05) is 19.1 Å². The van der Waals surface area contributed by atoms with E-state index >= 15 is 0 Å². The Balaban J connectivity index is 1.56. The fraction of sp³-hybridized carbons (Fsp3) is 0.192. The fourth-order valence-corrected chi connectivity index (χ4v) is 4.06. The molecule has 5 aromatic rings. The van der Waals surface area contributed by atoms with E-state index in [0.29, 0.717) is 45.4 Å². The fourth-order valence-electron chi connectivity index (χ4n) is 4.06. The lowest BCUT2D eigenvalue weighted by Gasteiger charge is -2.12. The molecule has 36 heavy (non-hydrogen) atoms. The van der Waals surface area contributed by atoms with E-state index in [9.17, 15) is 4.79 Å². The first kappa shape index (κ1) is 23.0. The van der Waals surface area contributed by atoms with Gasteiger partial charge in [-0.25, -0.2) is 14.6 Å². The highest BCUT2D eigenvalue weighted by Gasteiger charge is 2.20. The molecule has 0 saturated heterocycles. The maximum Gasteiger partial charge on any atom is 0.260 e. The highest BCUT2D eigenvalue weighted by atomic mass is 16.5. The van der Waals surface area contributed by atoms with Crippen LogP contribution in [-0.2, 0) is 0 Å². The molecule has 182 valence electrons. The molecular formula is C26H25N7O3. The van der Waals surface area contributed by atoms with E-state index in [1.54, 1.807) is 46.9 Å². The third-order valence-corrected chi connectivity index (χ3v) is 6.08.